The van der Waals surface area contributed by atoms with Crippen molar-refractivity contribution in [3.8, 4) is 0 Å². The van der Waals surface area contributed by atoms with Crippen molar-refractivity contribution < 1.29 is 4.79 Å². The van der Waals surface area contributed by atoms with Gasteiger partial charge >= 0.3 is 0 Å². The maximum atomic E-state index is 11.9. The van der Waals surface area contributed by atoms with Gasteiger partial charge in [-0.15, -0.1) is 11.3 Å². The summed E-state index contributed by atoms with van der Waals surface area (Å²) in [5, 5.41) is 6.34. The highest BCUT2D eigenvalue weighted by atomic mass is 32.1. The van der Waals surface area contributed by atoms with Gasteiger partial charge in [-0.05, 0) is 30.9 Å². The lowest BCUT2D eigenvalue weighted by atomic mass is 10.2. The van der Waals surface area contributed by atoms with Crippen molar-refractivity contribution in [1.29, 1.82) is 0 Å². The molecule has 2 N–H and O–H groups in total. The van der Waals surface area contributed by atoms with Gasteiger partial charge in [0.05, 0.1) is 13.1 Å². The van der Waals surface area contributed by atoms with Gasteiger partial charge in [0.25, 0.3) is 0 Å². The van der Waals surface area contributed by atoms with E-state index in [9.17, 15) is 4.79 Å². The second kappa shape index (κ2) is 6.03. The predicted molar refractivity (Wildman–Crippen MR) is 77.5 cm³/mol. The fourth-order valence-corrected chi connectivity index (χ4v) is 3.99. The van der Waals surface area contributed by atoms with Crippen LogP contribution in [-0.2, 0) is 24.2 Å². The van der Waals surface area contributed by atoms with E-state index in [0.29, 0.717) is 13.1 Å². The highest BCUT2D eigenvalue weighted by Crippen LogP contribution is 2.30. The number of nitrogens with zero attached hydrogens (tertiary/aromatic N) is 1. The van der Waals surface area contributed by atoms with E-state index in [1.807, 2.05) is 11.3 Å². The Hall–Kier alpha value is -0.910. The molecule has 3 rings (SSSR count). The molecule has 0 radical (unpaired) electrons. The van der Waals surface area contributed by atoms with E-state index in [4.69, 9.17) is 0 Å². The monoisotopic (exact) mass is 279 g/mol. The van der Waals surface area contributed by atoms with Crippen molar-refractivity contribution in [2.45, 2.75) is 25.8 Å². The van der Waals surface area contributed by atoms with Crippen LogP contribution in [0.15, 0.2) is 6.07 Å². The molecule has 1 aromatic heterocycles. The molecule has 0 unspecified atom stereocenters. The standard InChI is InChI=1S/C14H21N3OS/c18-14(10-17-6-4-15-5-7-17)16-9-12-8-11-2-1-3-13(11)19-12/h8,15H,1-7,9-10H2,(H,16,18). The van der Waals surface area contributed by atoms with E-state index in [-0.39, 0.29) is 5.91 Å². The van der Waals surface area contributed by atoms with E-state index in [2.05, 4.69) is 21.6 Å². The van der Waals surface area contributed by atoms with Crippen LogP contribution in [0, 0.1) is 0 Å². The van der Waals surface area contributed by atoms with E-state index in [1.165, 1.54) is 34.6 Å². The van der Waals surface area contributed by atoms with Crippen molar-refractivity contribution >= 4 is 17.2 Å². The molecular formula is C14H21N3OS. The average Bonchev–Trinajstić information content (AvgIpc) is 2.98. The maximum absolute atomic E-state index is 11.9. The molecule has 4 nitrogen and oxygen atoms in total. The minimum atomic E-state index is 0.149. The van der Waals surface area contributed by atoms with Gasteiger partial charge < -0.3 is 10.6 Å². The van der Waals surface area contributed by atoms with Crippen molar-refractivity contribution in [3.63, 3.8) is 0 Å². The number of carbonyl (C=O) groups excluding carboxylic acids is 1. The normalized spacial score (nSPS) is 19.4. The summed E-state index contributed by atoms with van der Waals surface area (Å²) in [5.41, 5.74) is 1.51. The predicted octanol–water partition coefficient (Wildman–Crippen LogP) is 0.758. The van der Waals surface area contributed by atoms with Crippen LogP contribution in [0.4, 0.5) is 0 Å². The number of fused-ring (bicyclic) bond motifs is 1. The first kappa shape index (κ1) is 13.1. The fourth-order valence-electron chi connectivity index (χ4n) is 2.79. The molecule has 1 fully saturated rings. The summed E-state index contributed by atoms with van der Waals surface area (Å²) >= 11 is 1.87. The quantitative estimate of drug-likeness (QED) is 0.855. The van der Waals surface area contributed by atoms with Gasteiger partial charge in [-0.1, -0.05) is 0 Å². The number of carbonyl (C=O) groups is 1. The zero-order chi connectivity index (χ0) is 13.1. The molecule has 0 aromatic carbocycles. The molecule has 0 saturated carbocycles. The maximum Gasteiger partial charge on any atom is 0.234 e. The van der Waals surface area contributed by atoms with E-state index < -0.39 is 0 Å². The Kier molecular flexibility index (Phi) is 4.15. The topological polar surface area (TPSA) is 44.4 Å². The molecule has 1 saturated heterocycles. The van der Waals surface area contributed by atoms with Gasteiger partial charge in [-0.2, -0.15) is 0 Å². The summed E-state index contributed by atoms with van der Waals surface area (Å²) in [6, 6.07) is 2.28. The van der Waals surface area contributed by atoms with Crippen LogP contribution in [-0.4, -0.2) is 43.5 Å². The Balaban J connectivity index is 1.44. The Morgan fingerprint density at radius 3 is 3.00 bits per heavy atom. The number of piperazine rings is 1. The Bertz CT molecular complexity index is 430. The van der Waals surface area contributed by atoms with Crippen LogP contribution in [0.5, 0.6) is 0 Å². The number of thiophene rings is 1. The number of aryl methyl sites for hydroxylation is 2. The SMILES string of the molecule is O=C(CN1CCNCC1)NCc1cc2c(s1)CCC2. The van der Waals surface area contributed by atoms with Crippen LogP contribution < -0.4 is 10.6 Å². The lowest BCUT2D eigenvalue weighted by Gasteiger charge is -2.26. The first-order valence-corrected chi connectivity index (χ1v) is 7.93. The highest BCUT2D eigenvalue weighted by Gasteiger charge is 2.16. The lowest BCUT2D eigenvalue weighted by Crippen LogP contribution is -2.47. The van der Waals surface area contributed by atoms with Crippen LogP contribution in [0.1, 0.15) is 21.7 Å². The molecule has 19 heavy (non-hydrogen) atoms. The van der Waals surface area contributed by atoms with Crippen molar-refractivity contribution in [2.75, 3.05) is 32.7 Å². The molecule has 0 spiro atoms. The fraction of sp³-hybridized carbons (Fsp3) is 0.643. The molecule has 104 valence electrons. The molecule has 1 aliphatic carbocycles. The van der Waals surface area contributed by atoms with Gasteiger partial charge in [-0.25, -0.2) is 0 Å². The van der Waals surface area contributed by atoms with Crippen molar-refractivity contribution in [3.05, 3.63) is 21.4 Å². The second-order valence-electron chi connectivity index (χ2n) is 5.32. The number of amides is 1. The minimum absolute atomic E-state index is 0.149. The van der Waals surface area contributed by atoms with Crippen molar-refractivity contribution in [2.24, 2.45) is 0 Å². The van der Waals surface area contributed by atoms with Crippen LogP contribution in [0.25, 0.3) is 0 Å². The lowest BCUT2D eigenvalue weighted by molar-refractivity contribution is -0.122. The molecule has 0 atom stereocenters. The van der Waals surface area contributed by atoms with Gasteiger partial charge in [0.2, 0.25) is 5.91 Å². The second-order valence-corrected chi connectivity index (χ2v) is 6.54. The molecular weight excluding hydrogens is 258 g/mol. The third-order valence-corrected chi connectivity index (χ3v) is 5.07. The summed E-state index contributed by atoms with van der Waals surface area (Å²) in [6.07, 6.45) is 3.76. The third-order valence-electron chi connectivity index (χ3n) is 3.83. The summed E-state index contributed by atoms with van der Waals surface area (Å²) in [5.74, 6) is 0.149. The third kappa shape index (κ3) is 3.35. The number of hydrogen-bond acceptors (Lipinski definition) is 4. The zero-order valence-electron chi connectivity index (χ0n) is 11.2. The van der Waals surface area contributed by atoms with Crippen molar-refractivity contribution in [1.82, 2.24) is 15.5 Å². The zero-order valence-corrected chi connectivity index (χ0v) is 12.0. The van der Waals surface area contributed by atoms with Gasteiger partial charge in [0.1, 0.15) is 0 Å². The molecule has 1 amide bonds. The van der Waals surface area contributed by atoms with Gasteiger partial charge in [0, 0.05) is 35.9 Å². The molecule has 1 aliphatic heterocycles. The summed E-state index contributed by atoms with van der Waals surface area (Å²) in [6.45, 7) is 5.16. The summed E-state index contributed by atoms with van der Waals surface area (Å²) in [7, 11) is 0. The Morgan fingerprint density at radius 2 is 2.21 bits per heavy atom. The number of hydrogen-bond donors (Lipinski definition) is 2. The van der Waals surface area contributed by atoms with Crippen LogP contribution in [0.2, 0.25) is 0 Å². The largest absolute Gasteiger partial charge is 0.350 e. The highest BCUT2D eigenvalue weighted by molar-refractivity contribution is 7.12. The van der Waals surface area contributed by atoms with E-state index in [0.717, 1.165) is 26.2 Å². The van der Waals surface area contributed by atoms with Crippen LogP contribution in [0.3, 0.4) is 0 Å². The van der Waals surface area contributed by atoms with Crippen LogP contribution >= 0.6 is 11.3 Å². The van der Waals surface area contributed by atoms with Gasteiger partial charge in [-0.3, -0.25) is 9.69 Å². The van der Waals surface area contributed by atoms with E-state index >= 15 is 0 Å². The summed E-state index contributed by atoms with van der Waals surface area (Å²) in [4.78, 5) is 16.9. The first-order valence-electron chi connectivity index (χ1n) is 7.11. The molecule has 2 aliphatic rings. The number of nitrogens with one attached hydrogen (secondary N) is 2. The Morgan fingerprint density at radius 1 is 1.37 bits per heavy atom. The average molecular weight is 279 g/mol. The Labute approximate surface area is 118 Å². The molecule has 2 heterocycles. The molecule has 1 aromatic rings. The van der Waals surface area contributed by atoms with E-state index in [1.54, 1.807) is 0 Å². The summed E-state index contributed by atoms with van der Waals surface area (Å²) < 4.78 is 0. The first-order chi connectivity index (χ1) is 9.31. The molecule has 0 bridgehead atoms. The number of rotatable bonds is 4. The minimum Gasteiger partial charge on any atom is -0.350 e. The smallest absolute Gasteiger partial charge is 0.234 e. The van der Waals surface area contributed by atoms with Gasteiger partial charge in [0.15, 0.2) is 0 Å². The molecule has 5 heteroatoms.